The van der Waals surface area contributed by atoms with Crippen LogP contribution in [0.2, 0.25) is 0 Å². The van der Waals surface area contributed by atoms with Crippen molar-refractivity contribution in [1.29, 1.82) is 0 Å². The molecule has 0 radical (unpaired) electrons. The van der Waals surface area contributed by atoms with Gasteiger partial charge in [-0.25, -0.2) is 4.98 Å². The van der Waals surface area contributed by atoms with E-state index in [2.05, 4.69) is 38.4 Å². The first-order valence-corrected chi connectivity index (χ1v) is 8.41. The average molecular weight is 359 g/mol. The minimum absolute atomic E-state index is 0.0606. The Labute approximate surface area is 139 Å². The van der Waals surface area contributed by atoms with Crippen molar-refractivity contribution in [3.8, 4) is 0 Å². The second-order valence-electron chi connectivity index (χ2n) is 5.91. The van der Waals surface area contributed by atoms with Crippen molar-refractivity contribution in [3.05, 3.63) is 58.2 Å². The number of amides is 1. The molecule has 0 saturated heterocycles. The Bertz CT molecular complexity index is 676. The minimum Gasteiger partial charge on any atom is -0.310 e. The molecule has 0 bridgehead atoms. The number of benzene rings is 1. The molecule has 1 fully saturated rings. The smallest absolute Gasteiger partial charge is 0.236 e. The molecule has 0 atom stereocenters. The van der Waals surface area contributed by atoms with E-state index >= 15 is 0 Å². The van der Waals surface area contributed by atoms with Gasteiger partial charge in [0, 0.05) is 10.2 Å². The first kappa shape index (κ1) is 15.2. The molecule has 1 aromatic carbocycles. The highest BCUT2D eigenvalue weighted by Gasteiger charge is 2.42. The topological polar surface area (TPSA) is 42.0 Å². The predicted octanol–water partition coefficient (Wildman–Crippen LogP) is 4.60. The van der Waals surface area contributed by atoms with Crippen LogP contribution in [0.4, 0.5) is 5.82 Å². The average Bonchev–Trinajstić information content (AvgIpc) is 2.99. The summed E-state index contributed by atoms with van der Waals surface area (Å²) in [7, 11) is 0. The Morgan fingerprint density at radius 3 is 2.45 bits per heavy atom. The van der Waals surface area contributed by atoms with Crippen LogP contribution in [0.25, 0.3) is 0 Å². The van der Waals surface area contributed by atoms with Crippen LogP contribution >= 0.6 is 15.9 Å². The fourth-order valence-corrected chi connectivity index (χ4v) is 3.51. The van der Waals surface area contributed by atoms with Gasteiger partial charge in [-0.15, -0.1) is 0 Å². The van der Waals surface area contributed by atoms with E-state index in [0.717, 1.165) is 41.4 Å². The molecule has 1 aliphatic carbocycles. The molecule has 1 aliphatic rings. The van der Waals surface area contributed by atoms with Gasteiger partial charge in [-0.05, 0) is 49.6 Å². The standard InChI is InChI=1S/C18H19BrN2O/c1-13-5-4-6-16(20-13)21-17(22)18(11-2-3-12-18)14-7-9-15(19)10-8-14/h4-10H,2-3,11-12H2,1H3,(H,20,21,22). The summed E-state index contributed by atoms with van der Waals surface area (Å²) >= 11 is 3.46. The van der Waals surface area contributed by atoms with Crippen LogP contribution in [0, 0.1) is 6.92 Å². The van der Waals surface area contributed by atoms with E-state index in [1.54, 1.807) is 0 Å². The van der Waals surface area contributed by atoms with E-state index in [1.165, 1.54) is 0 Å². The fourth-order valence-electron chi connectivity index (χ4n) is 3.24. The number of hydrogen-bond acceptors (Lipinski definition) is 2. The Hall–Kier alpha value is -1.68. The van der Waals surface area contributed by atoms with Gasteiger partial charge in [0.05, 0.1) is 5.41 Å². The number of rotatable bonds is 3. The molecule has 22 heavy (non-hydrogen) atoms. The normalized spacial score (nSPS) is 16.5. The lowest BCUT2D eigenvalue weighted by molar-refractivity contribution is -0.121. The van der Waals surface area contributed by atoms with Gasteiger partial charge in [-0.3, -0.25) is 4.79 Å². The molecule has 3 rings (SSSR count). The maximum Gasteiger partial charge on any atom is 0.236 e. The number of carbonyl (C=O) groups excluding carboxylic acids is 1. The molecule has 1 amide bonds. The summed E-state index contributed by atoms with van der Waals surface area (Å²) in [6, 6.07) is 13.8. The third-order valence-corrected chi connectivity index (χ3v) is 4.95. The van der Waals surface area contributed by atoms with Crippen molar-refractivity contribution in [3.63, 3.8) is 0 Å². The SMILES string of the molecule is Cc1cccc(NC(=O)C2(c3ccc(Br)cc3)CCCC2)n1. The highest BCUT2D eigenvalue weighted by molar-refractivity contribution is 9.10. The number of nitrogens with one attached hydrogen (secondary N) is 1. The molecule has 0 unspecified atom stereocenters. The molecule has 1 N–H and O–H groups in total. The number of pyridine rings is 1. The second-order valence-corrected chi connectivity index (χ2v) is 6.83. The first-order chi connectivity index (χ1) is 10.6. The van der Waals surface area contributed by atoms with E-state index in [4.69, 9.17) is 0 Å². The van der Waals surface area contributed by atoms with E-state index in [-0.39, 0.29) is 5.91 Å². The maximum absolute atomic E-state index is 13.0. The first-order valence-electron chi connectivity index (χ1n) is 7.61. The van der Waals surface area contributed by atoms with Gasteiger partial charge in [0.1, 0.15) is 5.82 Å². The molecule has 3 nitrogen and oxygen atoms in total. The summed E-state index contributed by atoms with van der Waals surface area (Å²) in [6.07, 6.45) is 3.97. The van der Waals surface area contributed by atoms with Crippen molar-refractivity contribution in [2.45, 2.75) is 38.0 Å². The summed E-state index contributed by atoms with van der Waals surface area (Å²) in [4.78, 5) is 17.4. The third-order valence-electron chi connectivity index (χ3n) is 4.42. The number of anilines is 1. The monoisotopic (exact) mass is 358 g/mol. The van der Waals surface area contributed by atoms with Crippen LogP contribution in [0.3, 0.4) is 0 Å². The van der Waals surface area contributed by atoms with Crippen molar-refractivity contribution in [1.82, 2.24) is 4.98 Å². The van der Waals surface area contributed by atoms with E-state index in [1.807, 2.05) is 37.3 Å². The summed E-state index contributed by atoms with van der Waals surface area (Å²) in [6.45, 7) is 1.93. The van der Waals surface area contributed by atoms with Crippen molar-refractivity contribution in [2.24, 2.45) is 0 Å². The highest BCUT2D eigenvalue weighted by atomic mass is 79.9. The Balaban J connectivity index is 1.90. The minimum atomic E-state index is -0.424. The van der Waals surface area contributed by atoms with Crippen LogP contribution in [-0.4, -0.2) is 10.9 Å². The molecular formula is C18H19BrN2O. The second kappa shape index (κ2) is 6.21. The zero-order valence-corrected chi connectivity index (χ0v) is 14.2. The molecular weight excluding hydrogens is 340 g/mol. The third kappa shape index (κ3) is 2.93. The molecule has 1 saturated carbocycles. The van der Waals surface area contributed by atoms with Crippen molar-refractivity contribution < 1.29 is 4.79 Å². The summed E-state index contributed by atoms with van der Waals surface area (Å²) in [5.74, 6) is 0.693. The van der Waals surface area contributed by atoms with Crippen molar-refractivity contribution >= 4 is 27.7 Å². The maximum atomic E-state index is 13.0. The molecule has 114 valence electrons. The van der Waals surface area contributed by atoms with Gasteiger partial charge in [0.15, 0.2) is 0 Å². The van der Waals surface area contributed by atoms with Crippen LogP contribution in [0.1, 0.15) is 36.9 Å². The summed E-state index contributed by atoms with van der Waals surface area (Å²) in [5, 5.41) is 3.02. The van der Waals surface area contributed by atoms with Crippen LogP contribution in [-0.2, 0) is 10.2 Å². The van der Waals surface area contributed by atoms with Gasteiger partial charge in [-0.2, -0.15) is 0 Å². The number of aryl methyl sites for hydroxylation is 1. The van der Waals surface area contributed by atoms with Gasteiger partial charge >= 0.3 is 0 Å². The van der Waals surface area contributed by atoms with E-state index in [0.29, 0.717) is 5.82 Å². The molecule has 2 aromatic rings. The highest BCUT2D eigenvalue weighted by Crippen LogP contribution is 2.42. The fraction of sp³-hybridized carbons (Fsp3) is 0.333. The molecule has 1 aromatic heterocycles. The number of hydrogen-bond donors (Lipinski definition) is 1. The molecule has 0 aliphatic heterocycles. The summed E-state index contributed by atoms with van der Waals surface area (Å²) < 4.78 is 1.03. The van der Waals surface area contributed by atoms with Crippen LogP contribution < -0.4 is 5.32 Å². The quantitative estimate of drug-likeness (QED) is 0.870. The lowest BCUT2D eigenvalue weighted by Crippen LogP contribution is -2.38. The lowest BCUT2D eigenvalue weighted by Gasteiger charge is -2.28. The number of aromatic nitrogens is 1. The Morgan fingerprint density at radius 1 is 1.14 bits per heavy atom. The van der Waals surface area contributed by atoms with Gasteiger partial charge < -0.3 is 5.32 Å². The number of nitrogens with zero attached hydrogens (tertiary/aromatic N) is 1. The molecule has 4 heteroatoms. The van der Waals surface area contributed by atoms with Gasteiger partial charge in [0.25, 0.3) is 0 Å². The van der Waals surface area contributed by atoms with Gasteiger partial charge in [-0.1, -0.05) is 47.0 Å². The van der Waals surface area contributed by atoms with Crippen LogP contribution in [0.5, 0.6) is 0 Å². The van der Waals surface area contributed by atoms with Crippen LogP contribution in [0.15, 0.2) is 46.9 Å². The van der Waals surface area contributed by atoms with Gasteiger partial charge in [0.2, 0.25) is 5.91 Å². The Kier molecular flexibility index (Phi) is 4.30. The van der Waals surface area contributed by atoms with E-state index in [9.17, 15) is 4.79 Å². The zero-order valence-electron chi connectivity index (χ0n) is 12.6. The van der Waals surface area contributed by atoms with E-state index < -0.39 is 5.41 Å². The zero-order chi connectivity index (χ0) is 15.6. The lowest BCUT2D eigenvalue weighted by atomic mass is 9.78. The predicted molar refractivity (Wildman–Crippen MR) is 91.9 cm³/mol. The number of carbonyl (C=O) groups is 1. The summed E-state index contributed by atoms with van der Waals surface area (Å²) in [5.41, 5.74) is 1.58. The Morgan fingerprint density at radius 2 is 1.82 bits per heavy atom. The van der Waals surface area contributed by atoms with Crippen molar-refractivity contribution in [2.75, 3.05) is 5.32 Å². The largest absolute Gasteiger partial charge is 0.310 e. The molecule has 0 spiro atoms. The molecule has 1 heterocycles. The number of halogens is 1.